The smallest absolute Gasteiger partial charge is 0.416 e. The van der Waals surface area contributed by atoms with Gasteiger partial charge in [0, 0.05) is 47.8 Å². The van der Waals surface area contributed by atoms with Gasteiger partial charge in [-0.1, -0.05) is 65.3 Å². The molecule has 2 aliphatic heterocycles. The van der Waals surface area contributed by atoms with E-state index in [1.54, 1.807) is 62.1 Å². The number of amides is 5. The molecule has 2 saturated heterocycles. The molecule has 0 saturated carbocycles. The van der Waals surface area contributed by atoms with Crippen LogP contribution in [0.15, 0.2) is 60.9 Å². The fraction of sp³-hybridized carbons (Fsp3) is 0.386. The van der Waals surface area contributed by atoms with Crippen molar-refractivity contribution < 1.29 is 44.1 Å². The highest BCUT2D eigenvalue weighted by atomic mass is 35.5. The van der Waals surface area contributed by atoms with E-state index >= 15 is 0 Å². The minimum Gasteiger partial charge on any atom is -0.477 e. The van der Waals surface area contributed by atoms with E-state index in [9.17, 15) is 44.1 Å². The van der Waals surface area contributed by atoms with E-state index in [1.165, 1.54) is 39.0 Å². The number of urea groups is 1. The predicted octanol–water partition coefficient (Wildman–Crippen LogP) is 5.50. The largest absolute Gasteiger partial charge is 0.477 e. The molecule has 0 bridgehead atoms. The van der Waals surface area contributed by atoms with Crippen LogP contribution in [-0.2, 0) is 31.6 Å². The van der Waals surface area contributed by atoms with Crippen LogP contribution in [0.25, 0.3) is 16.6 Å². The van der Waals surface area contributed by atoms with Crippen molar-refractivity contribution in [2.45, 2.75) is 83.7 Å². The van der Waals surface area contributed by atoms with Gasteiger partial charge >= 0.3 is 29.9 Å². The number of aliphatic hydroxyl groups is 1. The second-order valence-corrected chi connectivity index (χ2v) is 18.3. The number of fused-ring (bicyclic) bond motifs is 1. The van der Waals surface area contributed by atoms with E-state index < -0.39 is 52.3 Å². The summed E-state index contributed by atoms with van der Waals surface area (Å²) in [6, 6.07) is 12.4. The van der Waals surface area contributed by atoms with Gasteiger partial charge in [-0.05, 0) is 93.3 Å². The van der Waals surface area contributed by atoms with Crippen molar-refractivity contribution in [2.75, 3.05) is 41.8 Å². The first-order valence-electron chi connectivity index (χ1n) is 20.6. The third-order valence-corrected chi connectivity index (χ3v) is 11.8. The number of aliphatic hydroxyl groups excluding tert-OH is 1. The first-order valence-corrected chi connectivity index (χ1v) is 21.0. The number of halogens is 1. The zero-order valence-electron chi connectivity index (χ0n) is 36.1. The summed E-state index contributed by atoms with van der Waals surface area (Å²) in [7, 11) is 0. The monoisotopic (exact) mass is 896 g/mol. The van der Waals surface area contributed by atoms with Crippen molar-refractivity contribution in [3.63, 3.8) is 0 Å². The first kappa shape index (κ1) is 45.2. The second-order valence-electron chi connectivity index (χ2n) is 17.9. The van der Waals surface area contributed by atoms with E-state index in [4.69, 9.17) is 11.6 Å². The number of hydrogen-bond acceptors (Lipinski definition) is 10. The molecule has 20 heteroatoms. The van der Waals surface area contributed by atoms with Crippen molar-refractivity contribution in [1.29, 1.82) is 0 Å². The van der Waals surface area contributed by atoms with E-state index in [-0.39, 0.29) is 65.7 Å². The number of rotatable bonds is 10. The number of nitrogens with one attached hydrogen (secondary N) is 2. The molecule has 5 aromatic rings. The molecule has 0 spiro atoms. The van der Waals surface area contributed by atoms with Crippen LogP contribution in [0.5, 0.6) is 0 Å². The Morgan fingerprint density at radius 3 is 2.17 bits per heavy atom. The predicted molar refractivity (Wildman–Crippen MR) is 236 cm³/mol. The summed E-state index contributed by atoms with van der Waals surface area (Å²) in [5, 5.41) is 48.2. The van der Waals surface area contributed by atoms with Gasteiger partial charge in [0.2, 0.25) is 5.91 Å². The van der Waals surface area contributed by atoms with Crippen LogP contribution in [-0.4, -0.2) is 124 Å². The fourth-order valence-electron chi connectivity index (χ4n) is 8.75. The maximum atomic E-state index is 14.9. The first-order chi connectivity index (χ1) is 30.2. The van der Waals surface area contributed by atoms with E-state index in [1.807, 2.05) is 20.8 Å². The lowest BCUT2D eigenvalue weighted by Gasteiger charge is -2.38. The average molecular weight is 897 g/mol. The van der Waals surface area contributed by atoms with Gasteiger partial charge in [0.25, 0.3) is 0 Å². The molecule has 336 valence electrons. The summed E-state index contributed by atoms with van der Waals surface area (Å²) >= 11 is 6.37. The number of carboxylic acids is 1. The summed E-state index contributed by atoms with van der Waals surface area (Å²) in [6.07, 6.45) is 1.23. The third-order valence-electron chi connectivity index (χ3n) is 11.5. The summed E-state index contributed by atoms with van der Waals surface area (Å²) in [5.74, 6) is -4.03. The molecule has 2 aromatic heterocycles. The topological polar surface area (TPSA) is 245 Å². The lowest BCUT2D eigenvalue weighted by atomic mass is 9.77. The molecule has 5 N–H and O–H groups in total. The molecule has 2 fully saturated rings. The molecule has 19 nitrogen and oxygen atoms in total. The standard InChI is InChI=1S/C44H49ClN10O9/c1-43(2,3)34-28(14-16-30-33(34)35(44(4,5)6)36(40(60)61)55(30)42(63)64)48-37(57)32(20-24-9-12-26(13-10-24)47-41(62)51-17-7-8-27(51)22-56)53-19-18-52(38(58)39(53)59)31-21-25(45)11-15-29(31)54-23-46-49-50-54/h9-16,21,23,27,32,56H,7-8,17-20,22H2,1-6H3,(H,47,62)(H,48,57)(H,60,61)(H,63,64)/t27-,32?/m1/s1. The molecular formula is C44H49ClN10O9. The Bertz CT molecular complexity index is 2670. The highest BCUT2D eigenvalue weighted by molar-refractivity contribution is 6.41. The summed E-state index contributed by atoms with van der Waals surface area (Å²) < 4.78 is 2.07. The highest BCUT2D eigenvalue weighted by Crippen LogP contribution is 2.44. The minimum absolute atomic E-state index is 0.0467. The van der Waals surface area contributed by atoms with Gasteiger partial charge in [0.15, 0.2) is 0 Å². The van der Waals surface area contributed by atoms with Gasteiger partial charge in [-0.15, -0.1) is 5.10 Å². The molecule has 2 atom stereocenters. The van der Waals surface area contributed by atoms with Crippen molar-refractivity contribution >= 4 is 75.4 Å². The zero-order chi connectivity index (χ0) is 46.4. The molecule has 0 aliphatic carbocycles. The number of aromatic nitrogens is 5. The van der Waals surface area contributed by atoms with Crippen LogP contribution >= 0.6 is 11.6 Å². The summed E-state index contributed by atoms with van der Waals surface area (Å²) in [5.41, 5.74) is 0.691. The van der Waals surface area contributed by atoms with Gasteiger partial charge in [0.05, 0.1) is 29.5 Å². The Morgan fingerprint density at radius 2 is 1.56 bits per heavy atom. The Labute approximate surface area is 372 Å². The van der Waals surface area contributed by atoms with E-state index in [0.29, 0.717) is 40.9 Å². The Kier molecular flexibility index (Phi) is 12.3. The number of aromatic carboxylic acids is 1. The summed E-state index contributed by atoms with van der Waals surface area (Å²) in [4.78, 5) is 86.0. The Morgan fingerprint density at radius 1 is 0.859 bits per heavy atom. The van der Waals surface area contributed by atoms with Gasteiger partial charge in [-0.25, -0.2) is 19.0 Å². The van der Waals surface area contributed by atoms with Crippen LogP contribution in [0.3, 0.4) is 0 Å². The van der Waals surface area contributed by atoms with Crippen LogP contribution in [0.1, 0.15) is 81.6 Å². The van der Waals surface area contributed by atoms with Crippen molar-refractivity contribution in [2.24, 2.45) is 0 Å². The number of hydrogen-bond donors (Lipinski definition) is 5. The highest BCUT2D eigenvalue weighted by Gasteiger charge is 2.42. The molecule has 0 radical (unpaired) electrons. The maximum Gasteiger partial charge on any atom is 0.416 e. The number of piperazine rings is 1. The third kappa shape index (κ3) is 8.59. The van der Waals surface area contributed by atoms with Crippen LogP contribution < -0.4 is 15.5 Å². The minimum atomic E-state index is -1.49. The number of carbonyl (C=O) groups excluding carboxylic acids is 4. The maximum absolute atomic E-state index is 14.9. The lowest BCUT2D eigenvalue weighted by molar-refractivity contribution is -0.149. The lowest BCUT2D eigenvalue weighted by Crippen LogP contribution is -2.60. The van der Waals surface area contributed by atoms with Gasteiger partial charge in [-0.2, -0.15) is 4.68 Å². The molecule has 7 rings (SSSR count). The number of carbonyl (C=O) groups is 6. The number of tetrazole rings is 1. The van der Waals surface area contributed by atoms with Crippen molar-refractivity contribution in [3.8, 4) is 5.69 Å². The van der Waals surface area contributed by atoms with Gasteiger partial charge in [0.1, 0.15) is 18.1 Å². The van der Waals surface area contributed by atoms with E-state index in [0.717, 1.165) is 11.0 Å². The Balaban J connectivity index is 1.28. The number of likely N-dealkylation sites (tertiary alicyclic amines) is 1. The van der Waals surface area contributed by atoms with Crippen LogP contribution in [0.2, 0.25) is 5.02 Å². The Hall–Kier alpha value is -6.86. The summed E-state index contributed by atoms with van der Waals surface area (Å²) in [6.45, 7) is 11.1. The zero-order valence-corrected chi connectivity index (χ0v) is 36.9. The molecule has 1 unspecified atom stereocenters. The molecule has 4 heterocycles. The molecular weight excluding hydrogens is 848 g/mol. The molecule has 3 aromatic carbocycles. The van der Waals surface area contributed by atoms with Crippen LogP contribution in [0, 0.1) is 0 Å². The van der Waals surface area contributed by atoms with Crippen LogP contribution in [0.4, 0.5) is 26.7 Å². The van der Waals surface area contributed by atoms with Gasteiger partial charge in [-0.3, -0.25) is 14.4 Å². The average Bonchev–Trinajstić information content (AvgIpc) is 4.01. The number of anilines is 3. The quantitative estimate of drug-likeness (QED) is 0.109. The van der Waals surface area contributed by atoms with Crippen molar-refractivity contribution in [3.05, 3.63) is 88.3 Å². The number of nitrogens with zero attached hydrogens (tertiary/aromatic N) is 8. The number of carboxylic acid groups (broad SMARTS) is 2. The van der Waals surface area contributed by atoms with E-state index in [2.05, 4.69) is 26.2 Å². The normalized spacial score (nSPS) is 16.4. The van der Waals surface area contributed by atoms with Gasteiger partial charge < -0.3 is 40.7 Å². The molecule has 5 amide bonds. The number of benzene rings is 3. The SMILES string of the molecule is CC(C)(C)c1c(NC(=O)C(Cc2ccc(NC(=O)N3CCC[C@@H]3CO)cc2)N2CCN(c3cc(Cl)ccc3-n3cnnn3)C(=O)C2=O)ccc2c1c(C(C)(C)C)c(C(=O)O)n2C(=O)O. The van der Waals surface area contributed by atoms with Crippen molar-refractivity contribution in [1.82, 2.24) is 34.6 Å². The molecule has 64 heavy (non-hydrogen) atoms. The molecule has 2 aliphatic rings. The second kappa shape index (κ2) is 17.4. The fourth-order valence-corrected chi connectivity index (χ4v) is 8.91.